The van der Waals surface area contributed by atoms with Crippen LogP contribution in [0.5, 0.6) is 0 Å². The van der Waals surface area contributed by atoms with E-state index in [2.05, 4.69) is 15.3 Å². The second-order valence-electron chi connectivity index (χ2n) is 5.39. The van der Waals surface area contributed by atoms with Crippen LogP contribution < -0.4 is 11.1 Å². The maximum atomic E-state index is 12.6. The minimum absolute atomic E-state index is 0.00388. The molecule has 0 aliphatic carbocycles. The molecule has 9 heteroatoms. The molecule has 0 aliphatic heterocycles. The topological polar surface area (TPSA) is 133 Å². The van der Waals surface area contributed by atoms with Gasteiger partial charge in [-0.05, 0) is 24.3 Å². The van der Waals surface area contributed by atoms with E-state index in [4.69, 9.17) is 10.2 Å². The van der Waals surface area contributed by atoms with Crippen molar-refractivity contribution in [2.24, 2.45) is 5.73 Å². The molecule has 1 unspecified atom stereocenters. The molecule has 0 bridgehead atoms. The van der Waals surface area contributed by atoms with Gasteiger partial charge < -0.3 is 15.5 Å². The predicted molar refractivity (Wildman–Crippen MR) is 89.2 cm³/mol. The number of hydrogen-bond donors (Lipinski definition) is 2. The molecule has 0 saturated heterocycles. The third-order valence-corrected chi connectivity index (χ3v) is 3.66. The normalized spacial score (nSPS) is 11.7. The van der Waals surface area contributed by atoms with Gasteiger partial charge >= 0.3 is 0 Å². The number of aromatic nitrogens is 3. The van der Waals surface area contributed by atoms with E-state index in [0.29, 0.717) is 11.4 Å². The van der Waals surface area contributed by atoms with Gasteiger partial charge in [0, 0.05) is 18.8 Å². The van der Waals surface area contributed by atoms with Crippen molar-refractivity contribution in [1.82, 2.24) is 19.9 Å². The van der Waals surface area contributed by atoms with E-state index >= 15 is 0 Å². The fourth-order valence-corrected chi connectivity index (χ4v) is 2.42. The molecule has 3 N–H and O–H groups in total. The lowest BCUT2D eigenvalue weighted by atomic mass is 10.1. The molecule has 132 valence electrons. The van der Waals surface area contributed by atoms with Gasteiger partial charge in [0.1, 0.15) is 17.5 Å². The summed E-state index contributed by atoms with van der Waals surface area (Å²) in [5.41, 5.74) is 5.95. The lowest BCUT2D eigenvalue weighted by Gasteiger charge is -2.16. The first kappa shape index (κ1) is 17.1. The second-order valence-corrected chi connectivity index (χ2v) is 5.39. The number of carbonyl (C=O) groups excluding carboxylic acids is 3. The van der Waals surface area contributed by atoms with Crippen molar-refractivity contribution >= 4 is 17.6 Å². The number of nitrogens with one attached hydrogen (secondary N) is 1. The Labute approximate surface area is 147 Å². The van der Waals surface area contributed by atoms with Gasteiger partial charge in [0.15, 0.2) is 0 Å². The average molecular weight is 353 g/mol. The summed E-state index contributed by atoms with van der Waals surface area (Å²) in [7, 11) is 0. The largest absolute Gasteiger partial charge is 0.469 e. The molecule has 0 saturated carbocycles. The number of furan rings is 1. The quantitative estimate of drug-likeness (QED) is 0.585. The highest BCUT2D eigenvalue weighted by Gasteiger charge is 2.27. The van der Waals surface area contributed by atoms with E-state index in [9.17, 15) is 14.4 Å². The molecule has 9 nitrogen and oxygen atoms in total. The molecular formula is C17H15N5O4. The third kappa shape index (κ3) is 3.66. The van der Waals surface area contributed by atoms with Gasteiger partial charge in [0.05, 0.1) is 24.5 Å². The van der Waals surface area contributed by atoms with Gasteiger partial charge in [-0.15, -0.1) is 0 Å². The molecule has 3 aromatic rings. The maximum absolute atomic E-state index is 12.6. The Hall–Kier alpha value is -3.75. The van der Waals surface area contributed by atoms with E-state index in [1.165, 1.54) is 23.4 Å². The molecule has 0 aromatic carbocycles. The maximum Gasteiger partial charge on any atom is 0.287 e. The molecule has 1 atom stereocenters. The summed E-state index contributed by atoms with van der Waals surface area (Å²) in [4.78, 5) is 43.9. The number of rotatable bonds is 7. The summed E-state index contributed by atoms with van der Waals surface area (Å²) in [6.45, 7) is 0. The lowest BCUT2D eigenvalue weighted by molar-refractivity contribution is -0.137. The fourth-order valence-electron chi connectivity index (χ4n) is 2.42. The van der Waals surface area contributed by atoms with Crippen molar-refractivity contribution in [2.45, 2.75) is 12.5 Å². The van der Waals surface area contributed by atoms with Crippen LogP contribution in [-0.4, -0.2) is 38.2 Å². The van der Waals surface area contributed by atoms with Crippen LogP contribution in [0.2, 0.25) is 0 Å². The molecule has 26 heavy (non-hydrogen) atoms. The van der Waals surface area contributed by atoms with Gasteiger partial charge in [-0.1, -0.05) is 0 Å². The minimum Gasteiger partial charge on any atom is -0.469 e. The number of imidazole rings is 1. The first-order chi connectivity index (χ1) is 12.6. The first-order valence-corrected chi connectivity index (χ1v) is 7.66. The van der Waals surface area contributed by atoms with Crippen molar-refractivity contribution in [2.75, 3.05) is 0 Å². The van der Waals surface area contributed by atoms with E-state index in [0.717, 1.165) is 0 Å². The highest BCUT2D eigenvalue weighted by molar-refractivity contribution is 6.38. The van der Waals surface area contributed by atoms with Crippen LogP contribution in [0.4, 0.5) is 0 Å². The number of carbonyl (C=O) groups is 3. The van der Waals surface area contributed by atoms with E-state index in [1.807, 2.05) is 0 Å². The zero-order chi connectivity index (χ0) is 18.5. The monoisotopic (exact) mass is 353 g/mol. The smallest absolute Gasteiger partial charge is 0.287 e. The standard InChI is InChI=1S/C17H15N5O4/c18-16(24)15(23)13(8-12-2-1-7-26-12)21-17(25)14-9-20-10-22(14)11-3-5-19-6-4-11/h1-7,9-10,13H,8H2,(H2,18,24)(H,21,25). The molecule has 2 amide bonds. The highest BCUT2D eigenvalue weighted by atomic mass is 16.3. The number of hydrogen-bond acceptors (Lipinski definition) is 6. The Kier molecular flexibility index (Phi) is 4.88. The average Bonchev–Trinajstić information content (AvgIpc) is 3.32. The second kappa shape index (κ2) is 7.43. The number of nitrogens with two attached hydrogens (primary N) is 1. The Bertz CT molecular complexity index is 918. The number of primary amides is 1. The Morgan fingerprint density at radius 2 is 1.96 bits per heavy atom. The van der Waals surface area contributed by atoms with E-state index in [-0.39, 0.29) is 12.1 Å². The van der Waals surface area contributed by atoms with E-state index in [1.54, 1.807) is 36.7 Å². The number of pyridine rings is 1. The van der Waals surface area contributed by atoms with Gasteiger partial charge in [0.25, 0.3) is 11.8 Å². The van der Waals surface area contributed by atoms with Crippen molar-refractivity contribution < 1.29 is 18.8 Å². The summed E-state index contributed by atoms with van der Waals surface area (Å²) in [6, 6.07) is 5.53. The predicted octanol–water partition coefficient (Wildman–Crippen LogP) is 0.256. The summed E-state index contributed by atoms with van der Waals surface area (Å²) < 4.78 is 6.72. The van der Waals surface area contributed by atoms with Crippen LogP contribution in [0.15, 0.2) is 59.9 Å². The number of Topliss-reactive ketones (excluding diaryl/α,β-unsaturated/α-hetero) is 1. The fraction of sp³-hybridized carbons (Fsp3) is 0.118. The van der Waals surface area contributed by atoms with Crippen molar-refractivity contribution in [3.63, 3.8) is 0 Å². The summed E-state index contributed by atoms with van der Waals surface area (Å²) >= 11 is 0. The van der Waals surface area contributed by atoms with Crippen molar-refractivity contribution in [3.8, 4) is 5.69 Å². The van der Waals surface area contributed by atoms with Crippen LogP contribution >= 0.6 is 0 Å². The molecule has 0 aliphatic rings. The number of ketones is 1. The van der Waals surface area contributed by atoms with Gasteiger partial charge in [-0.2, -0.15) is 0 Å². The van der Waals surface area contributed by atoms with Crippen LogP contribution in [0.3, 0.4) is 0 Å². The van der Waals surface area contributed by atoms with E-state index < -0.39 is 23.6 Å². The van der Waals surface area contributed by atoms with Crippen LogP contribution in [-0.2, 0) is 16.0 Å². The molecular weight excluding hydrogens is 338 g/mol. The molecule has 3 heterocycles. The zero-order valence-corrected chi connectivity index (χ0v) is 13.5. The summed E-state index contributed by atoms with van der Waals surface area (Å²) in [6.07, 6.45) is 7.40. The number of nitrogens with zero attached hydrogens (tertiary/aromatic N) is 3. The molecule has 3 rings (SSSR count). The third-order valence-electron chi connectivity index (χ3n) is 3.66. The molecule has 3 aromatic heterocycles. The lowest BCUT2D eigenvalue weighted by Crippen LogP contribution is -2.47. The Balaban J connectivity index is 1.83. The number of amides is 2. The van der Waals surface area contributed by atoms with Crippen molar-refractivity contribution in [3.05, 3.63) is 66.9 Å². The van der Waals surface area contributed by atoms with Gasteiger partial charge in [-0.3, -0.25) is 23.9 Å². The van der Waals surface area contributed by atoms with Gasteiger partial charge in [0.2, 0.25) is 5.78 Å². The van der Waals surface area contributed by atoms with Crippen LogP contribution in [0, 0.1) is 0 Å². The molecule has 0 spiro atoms. The summed E-state index contributed by atoms with van der Waals surface area (Å²) in [5, 5.41) is 2.52. The Morgan fingerprint density at radius 1 is 1.19 bits per heavy atom. The first-order valence-electron chi connectivity index (χ1n) is 7.66. The molecule has 0 fully saturated rings. The zero-order valence-electron chi connectivity index (χ0n) is 13.5. The van der Waals surface area contributed by atoms with Crippen LogP contribution in [0.1, 0.15) is 16.2 Å². The van der Waals surface area contributed by atoms with Gasteiger partial charge in [-0.25, -0.2) is 4.98 Å². The highest BCUT2D eigenvalue weighted by Crippen LogP contribution is 2.11. The van der Waals surface area contributed by atoms with Crippen molar-refractivity contribution in [1.29, 1.82) is 0 Å². The summed E-state index contributed by atoms with van der Waals surface area (Å²) in [5.74, 6) is -2.19. The SMILES string of the molecule is NC(=O)C(=O)C(Cc1ccco1)NC(=O)c1cncn1-c1ccncc1. The molecule has 0 radical (unpaired) electrons. The van der Waals surface area contributed by atoms with Crippen LogP contribution in [0.25, 0.3) is 5.69 Å². The Morgan fingerprint density at radius 3 is 2.62 bits per heavy atom. The minimum atomic E-state index is -1.15.